The molecule has 0 saturated heterocycles. The monoisotopic (exact) mass is 256 g/mol. The molecule has 0 N–H and O–H groups in total. The minimum atomic E-state index is -1.31. The summed E-state index contributed by atoms with van der Waals surface area (Å²) in [5.74, 6) is 3.66. The van der Waals surface area contributed by atoms with Crippen molar-refractivity contribution in [1.29, 1.82) is 0 Å². The molecule has 94 valence electrons. The first-order valence-electron chi connectivity index (χ1n) is 6.59. The largest absolute Gasteiger partial charge is 0.294 e. The summed E-state index contributed by atoms with van der Waals surface area (Å²) in [6.07, 6.45) is 2.70. The lowest BCUT2D eigenvalue weighted by Crippen LogP contribution is -2.22. The number of hydrogen-bond acceptors (Lipinski definition) is 1. The Bertz CT molecular complexity index is 514. The first-order chi connectivity index (χ1) is 8.47. The number of carbonyl (C=O) groups excluding carboxylic acids is 1. The molecule has 1 aliphatic carbocycles. The SMILES string of the molecule is C[Si](C)(C)C#CCC1CCc2ccccc2C1=O. The Labute approximate surface area is 111 Å². The average molecular weight is 256 g/mol. The van der Waals surface area contributed by atoms with Crippen LogP contribution in [0.5, 0.6) is 0 Å². The standard InChI is InChI=1S/C16H20OSi/c1-18(2,3)12-6-8-14-11-10-13-7-4-5-9-15(13)16(14)17/h4-5,7,9,14H,8,10-11H2,1-3H3. The Morgan fingerprint density at radius 2 is 2.00 bits per heavy atom. The van der Waals surface area contributed by atoms with Crippen LogP contribution in [-0.4, -0.2) is 13.9 Å². The van der Waals surface area contributed by atoms with Gasteiger partial charge in [-0.05, 0) is 18.4 Å². The van der Waals surface area contributed by atoms with E-state index in [9.17, 15) is 4.79 Å². The zero-order valence-electron chi connectivity index (χ0n) is 11.4. The third-order valence-electron chi connectivity index (χ3n) is 3.23. The molecule has 2 heteroatoms. The Balaban J connectivity index is 2.10. The van der Waals surface area contributed by atoms with E-state index < -0.39 is 8.07 Å². The number of ketones is 1. The molecule has 0 spiro atoms. The lowest BCUT2D eigenvalue weighted by Gasteiger charge is -2.21. The molecule has 1 nitrogen and oxygen atoms in total. The van der Waals surface area contributed by atoms with E-state index in [-0.39, 0.29) is 5.92 Å². The van der Waals surface area contributed by atoms with E-state index in [1.54, 1.807) is 0 Å². The Kier molecular flexibility index (Phi) is 3.73. The number of benzene rings is 1. The molecule has 0 fully saturated rings. The highest BCUT2D eigenvalue weighted by atomic mass is 28.3. The summed E-state index contributed by atoms with van der Waals surface area (Å²) >= 11 is 0. The van der Waals surface area contributed by atoms with Gasteiger partial charge in [0, 0.05) is 17.9 Å². The molecule has 1 unspecified atom stereocenters. The van der Waals surface area contributed by atoms with Gasteiger partial charge in [-0.15, -0.1) is 11.5 Å². The lowest BCUT2D eigenvalue weighted by atomic mass is 9.81. The van der Waals surface area contributed by atoms with E-state index in [1.165, 1.54) is 5.56 Å². The zero-order valence-corrected chi connectivity index (χ0v) is 12.4. The van der Waals surface area contributed by atoms with E-state index >= 15 is 0 Å². The quantitative estimate of drug-likeness (QED) is 0.553. The maximum Gasteiger partial charge on any atom is 0.167 e. The second-order valence-electron chi connectivity index (χ2n) is 6.01. The predicted molar refractivity (Wildman–Crippen MR) is 78.3 cm³/mol. The normalized spacial score (nSPS) is 18.8. The molecule has 0 aliphatic heterocycles. The highest BCUT2D eigenvalue weighted by molar-refractivity contribution is 6.83. The molecule has 2 rings (SSSR count). The van der Waals surface area contributed by atoms with Crippen molar-refractivity contribution in [1.82, 2.24) is 0 Å². The molecule has 1 atom stereocenters. The molecule has 0 radical (unpaired) electrons. The summed E-state index contributed by atoms with van der Waals surface area (Å²) in [6, 6.07) is 7.98. The number of carbonyl (C=O) groups is 1. The van der Waals surface area contributed by atoms with Gasteiger partial charge in [-0.25, -0.2) is 0 Å². The first kappa shape index (κ1) is 13.1. The second-order valence-corrected chi connectivity index (χ2v) is 10.8. The Hall–Kier alpha value is -1.33. The van der Waals surface area contributed by atoms with Crippen molar-refractivity contribution in [2.24, 2.45) is 5.92 Å². The van der Waals surface area contributed by atoms with Crippen molar-refractivity contribution in [3.05, 3.63) is 35.4 Å². The van der Waals surface area contributed by atoms with Crippen LogP contribution in [0.4, 0.5) is 0 Å². The summed E-state index contributed by atoms with van der Waals surface area (Å²) in [4.78, 5) is 12.3. The van der Waals surface area contributed by atoms with E-state index in [1.807, 2.05) is 18.2 Å². The molecule has 1 aliphatic rings. The van der Waals surface area contributed by atoms with Crippen LogP contribution in [0.15, 0.2) is 24.3 Å². The lowest BCUT2D eigenvalue weighted by molar-refractivity contribution is 0.0905. The number of rotatable bonds is 1. The van der Waals surface area contributed by atoms with E-state index in [0.717, 1.165) is 24.8 Å². The minimum Gasteiger partial charge on any atom is -0.294 e. The van der Waals surface area contributed by atoms with Gasteiger partial charge < -0.3 is 0 Å². The summed E-state index contributed by atoms with van der Waals surface area (Å²) in [5.41, 5.74) is 5.48. The van der Waals surface area contributed by atoms with Crippen LogP contribution in [0, 0.1) is 17.4 Å². The summed E-state index contributed by atoms with van der Waals surface area (Å²) in [6.45, 7) is 6.70. The third kappa shape index (κ3) is 3.11. The van der Waals surface area contributed by atoms with Crippen molar-refractivity contribution in [3.63, 3.8) is 0 Å². The smallest absolute Gasteiger partial charge is 0.167 e. The van der Waals surface area contributed by atoms with Crippen molar-refractivity contribution in [3.8, 4) is 11.5 Å². The van der Waals surface area contributed by atoms with E-state index in [2.05, 4.69) is 37.2 Å². The molecule has 1 aromatic rings. The van der Waals surface area contributed by atoms with Gasteiger partial charge in [0.15, 0.2) is 5.78 Å². The van der Waals surface area contributed by atoms with Crippen LogP contribution in [0.3, 0.4) is 0 Å². The van der Waals surface area contributed by atoms with Gasteiger partial charge in [-0.2, -0.15) is 0 Å². The fourth-order valence-corrected chi connectivity index (χ4v) is 2.93. The number of fused-ring (bicyclic) bond motifs is 1. The van der Waals surface area contributed by atoms with Gasteiger partial charge in [0.1, 0.15) is 8.07 Å². The maximum absolute atomic E-state index is 12.3. The van der Waals surface area contributed by atoms with E-state index in [4.69, 9.17) is 0 Å². The predicted octanol–water partition coefficient (Wildman–Crippen LogP) is 3.70. The van der Waals surface area contributed by atoms with Gasteiger partial charge in [0.25, 0.3) is 0 Å². The maximum atomic E-state index is 12.3. The van der Waals surface area contributed by atoms with Crippen LogP contribution in [-0.2, 0) is 6.42 Å². The highest BCUT2D eigenvalue weighted by Gasteiger charge is 2.26. The van der Waals surface area contributed by atoms with Gasteiger partial charge >= 0.3 is 0 Å². The molecular formula is C16H20OSi. The summed E-state index contributed by atoms with van der Waals surface area (Å²) in [7, 11) is -1.31. The Morgan fingerprint density at radius 1 is 1.28 bits per heavy atom. The topological polar surface area (TPSA) is 17.1 Å². The van der Waals surface area contributed by atoms with Crippen LogP contribution >= 0.6 is 0 Å². The number of hydrogen-bond donors (Lipinski definition) is 0. The third-order valence-corrected chi connectivity index (χ3v) is 4.15. The van der Waals surface area contributed by atoms with Gasteiger partial charge in [0.05, 0.1) is 0 Å². The van der Waals surface area contributed by atoms with Crippen LogP contribution in [0.1, 0.15) is 28.8 Å². The van der Waals surface area contributed by atoms with Crippen molar-refractivity contribution >= 4 is 13.9 Å². The highest BCUT2D eigenvalue weighted by Crippen LogP contribution is 2.27. The Morgan fingerprint density at radius 3 is 2.72 bits per heavy atom. The minimum absolute atomic E-state index is 0.115. The summed E-state index contributed by atoms with van der Waals surface area (Å²) in [5, 5.41) is 0. The van der Waals surface area contributed by atoms with Gasteiger partial charge in [-0.3, -0.25) is 4.79 Å². The van der Waals surface area contributed by atoms with Crippen LogP contribution < -0.4 is 0 Å². The zero-order chi connectivity index (χ0) is 13.2. The van der Waals surface area contributed by atoms with Crippen molar-refractivity contribution in [2.75, 3.05) is 0 Å². The molecular weight excluding hydrogens is 236 g/mol. The fraction of sp³-hybridized carbons (Fsp3) is 0.438. The number of Topliss-reactive ketones (excluding diaryl/α,β-unsaturated/α-hetero) is 1. The molecule has 0 aromatic heterocycles. The summed E-state index contributed by atoms with van der Waals surface area (Å²) < 4.78 is 0. The molecule has 1 aromatic carbocycles. The molecule has 18 heavy (non-hydrogen) atoms. The van der Waals surface area contributed by atoms with Crippen molar-refractivity contribution < 1.29 is 4.79 Å². The molecule has 0 heterocycles. The molecule has 0 amide bonds. The van der Waals surface area contributed by atoms with Gasteiger partial charge in [-0.1, -0.05) is 43.9 Å². The van der Waals surface area contributed by atoms with Crippen LogP contribution in [0.2, 0.25) is 19.6 Å². The van der Waals surface area contributed by atoms with Crippen LogP contribution in [0.25, 0.3) is 0 Å². The second kappa shape index (κ2) is 5.12. The molecule has 0 bridgehead atoms. The first-order valence-corrected chi connectivity index (χ1v) is 10.1. The molecule has 0 saturated carbocycles. The number of aryl methyl sites for hydroxylation is 1. The fourth-order valence-electron chi connectivity index (χ4n) is 2.29. The van der Waals surface area contributed by atoms with E-state index in [0.29, 0.717) is 5.78 Å². The van der Waals surface area contributed by atoms with Gasteiger partial charge in [0.2, 0.25) is 0 Å². The van der Waals surface area contributed by atoms with Crippen molar-refractivity contribution in [2.45, 2.75) is 38.9 Å². The average Bonchev–Trinajstić information content (AvgIpc) is 2.31.